The smallest absolute Gasteiger partial charge is 0.0494 e. The predicted molar refractivity (Wildman–Crippen MR) is 82.5 cm³/mol. The Hall–Kier alpha value is -0.800. The fraction of sp³-hybridized carbons (Fsp3) is 0.333. The van der Waals surface area contributed by atoms with Crippen LogP contribution in [0.4, 0.5) is 5.69 Å². The Morgan fingerprint density at radius 2 is 2.06 bits per heavy atom. The van der Waals surface area contributed by atoms with Crippen LogP contribution in [0.3, 0.4) is 0 Å². The quantitative estimate of drug-likeness (QED) is 0.846. The van der Waals surface area contributed by atoms with Crippen molar-refractivity contribution in [2.45, 2.75) is 32.7 Å². The van der Waals surface area contributed by atoms with E-state index in [4.69, 9.17) is 0 Å². The zero-order chi connectivity index (χ0) is 12.5. The van der Waals surface area contributed by atoms with Gasteiger partial charge in [0.05, 0.1) is 0 Å². The number of thiophene rings is 1. The van der Waals surface area contributed by atoms with Crippen LogP contribution in [0.25, 0.3) is 0 Å². The lowest BCUT2D eigenvalue weighted by Gasteiger charge is -2.07. The van der Waals surface area contributed by atoms with Gasteiger partial charge in [0.25, 0.3) is 0 Å². The Kier molecular flexibility index (Phi) is 3.44. The number of fused-ring (bicyclic) bond motifs is 1. The van der Waals surface area contributed by atoms with Crippen molar-refractivity contribution in [2.24, 2.45) is 0 Å². The fourth-order valence-electron chi connectivity index (χ4n) is 2.48. The minimum atomic E-state index is 0.913. The molecular weight excluding hydrogens is 306 g/mol. The second kappa shape index (κ2) is 5.06. The Balaban J connectivity index is 1.70. The summed E-state index contributed by atoms with van der Waals surface area (Å²) in [5.41, 5.74) is 4.32. The van der Waals surface area contributed by atoms with Crippen LogP contribution < -0.4 is 5.32 Å². The molecule has 0 saturated carbocycles. The Labute approximate surface area is 120 Å². The highest BCUT2D eigenvalue weighted by atomic mass is 79.9. The monoisotopic (exact) mass is 321 g/mol. The zero-order valence-electron chi connectivity index (χ0n) is 10.4. The number of nitrogens with one attached hydrogen (secondary N) is 1. The third-order valence-electron chi connectivity index (χ3n) is 3.47. The number of halogens is 1. The van der Waals surface area contributed by atoms with Crippen LogP contribution >= 0.6 is 27.3 Å². The van der Waals surface area contributed by atoms with Gasteiger partial charge in [0.15, 0.2) is 0 Å². The summed E-state index contributed by atoms with van der Waals surface area (Å²) < 4.78 is 1.22. The molecule has 18 heavy (non-hydrogen) atoms. The molecule has 0 amide bonds. The van der Waals surface area contributed by atoms with Crippen LogP contribution in [0.15, 0.2) is 28.7 Å². The van der Waals surface area contributed by atoms with Crippen LogP contribution in [0, 0.1) is 6.92 Å². The molecule has 0 radical (unpaired) electrons. The minimum absolute atomic E-state index is 0.913. The number of aryl methyl sites for hydroxylation is 3. The summed E-state index contributed by atoms with van der Waals surface area (Å²) in [5, 5.41) is 3.52. The Bertz CT molecular complexity index is 554. The highest BCUT2D eigenvalue weighted by Gasteiger charge is 2.10. The van der Waals surface area contributed by atoms with Crippen molar-refractivity contribution in [1.29, 1.82) is 0 Å². The topological polar surface area (TPSA) is 12.0 Å². The number of hydrogen-bond donors (Lipinski definition) is 1. The first-order chi connectivity index (χ1) is 8.72. The summed E-state index contributed by atoms with van der Waals surface area (Å²) in [6.45, 7) is 3.06. The van der Waals surface area contributed by atoms with Gasteiger partial charge in [0, 0.05) is 26.5 Å². The number of anilines is 1. The Morgan fingerprint density at radius 1 is 1.22 bits per heavy atom. The molecule has 2 aromatic rings. The van der Waals surface area contributed by atoms with E-state index in [1.165, 1.54) is 50.3 Å². The van der Waals surface area contributed by atoms with E-state index < -0.39 is 0 Å². The van der Waals surface area contributed by atoms with Crippen molar-refractivity contribution < 1.29 is 0 Å². The molecule has 1 nitrogen and oxygen atoms in total. The molecule has 0 aliphatic heterocycles. The summed E-state index contributed by atoms with van der Waals surface area (Å²) in [4.78, 5) is 2.72. The fourth-order valence-corrected chi connectivity index (χ4v) is 4.02. The molecule has 3 heteroatoms. The lowest BCUT2D eigenvalue weighted by atomic mass is 10.1. The van der Waals surface area contributed by atoms with Gasteiger partial charge in [-0.15, -0.1) is 11.3 Å². The van der Waals surface area contributed by atoms with Crippen LogP contribution in [0.1, 0.15) is 27.3 Å². The van der Waals surface area contributed by atoms with Crippen molar-refractivity contribution in [3.63, 3.8) is 0 Å². The van der Waals surface area contributed by atoms with E-state index in [1.54, 1.807) is 0 Å². The van der Waals surface area contributed by atoms with Crippen molar-refractivity contribution >= 4 is 33.0 Å². The standard InChI is InChI=1S/C15H16BrNS/c1-10-15(16)8-14(18-10)9-17-13-6-5-11-3-2-4-12(11)7-13/h5-8,17H,2-4,9H2,1H3. The lowest BCUT2D eigenvalue weighted by Crippen LogP contribution is -1.98. The average molecular weight is 322 g/mol. The molecule has 94 valence electrons. The van der Waals surface area contributed by atoms with Gasteiger partial charge in [0.2, 0.25) is 0 Å². The van der Waals surface area contributed by atoms with Crippen molar-refractivity contribution in [2.75, 3.05) is 5.32 Å². The average Bonchev–Trinajstić information content (AvgIpc) is 2.94. The molecule has 0 unspecified atom stereocenters. The maximum atomic E-state index is 3.57. The van der Waals surface area contributed by atoms with Gasteiger partial charge in [-0.1, -0.05) is 6.07 Å². The highest BCUT2D eigenvalue weighted by molar-refractivity contribution is 9.10. The lowest BCUT2D eigenvalue weighted by molar-refractivity contribution is 0.912. The molecular formula is C15H16BrNS. The van der Waals surface area contributed by atoms with E-state index in [0.717, 1.165) is 6.54 Å². The molecule has 0 bridgehead atoms. The van der Waals surface area contributed by atoms with E-state index >= 15 is 0 Å². The van der Waals surface area contributed by atoms with E-state index in [2.05, 4.69) is 52.4 Å². The molecule has 1 aromatic carbocycles. The van der Waals surface area contributed by atoms with E-state index in [0.29, 0.717) is 0 Å². The molecule has 1 aliphatic carbocycles. The summed E-state index contributed by atoms with van der Waals surface area (Å²) in [6, 6.07) is 9.01. The van der Waals surface area contributed by atoms with Crippen molar-refractivity contribution in [3.8, 4) is 0 Å². The maximum absolute atomic E-state index is 3.57. The van der Waals surface area contributed by atoms with Crippen LogP contribution in [-0.4, -0.2) is 0 Å². The summed E-state index contributed by atoms with van der Waals surface area (Å²) in [7, 11) is 0. The van der Waals surface area contributed by atoms with E-state index in [-0.39, 0.29) is 0 Å². The molecule has 0 saturated heterocycles. The van der Waals surface area contributed by atoms with Gasteiger partial charge < -0.3 is 5.32 Å². The van der Waals surface area contributed by atoms with Gasteiger partial charge in [-0.05, 0) is 71.4 Å². The van der Waals surface area contributed by atoms with Gasteiger partial charge in [0.1, 0.15) is 0 Å². The SMILES string of the molecule is Cc1sc(CNc2ccc3c(c2)CCC3)cc1Br. The first-order valence-corrected chi connectivity index (χ1v) is 7.94. The Morgan fingerprint density at radius 3 is 2.83 bits per heavy atom. The zero-order valence-corrected chi connectivity index (χ0v) is 12.8. The first kappa shape index (κ1) is 12.2. The van der Waals surface area contributed by atoms with Crippen molar-refractivity contribution in [1.82, 2.24) is 0 Å². The second-order valence-corrected chi connectivity index (χ2v) is 7.00. The molecule has 1 aliphatic rings. The highest BCUT2D eigenvalue weighted by Crippen LogP contribution is 2.28. The van der Waals surface area contributed by atoms with Crippen molar-refractivity contribution in [3.05, 3.63) is 49.6 Å². The third-order valence-corrected chi connectivity index (χ3v) is 5.61. The van der Waals surface area contributed by atoms with Gasteiger partial charge in [-0.25, -0.2) is 0 Å². The molecule has 0 atom stereocenters. The normalized spacial score (nSPS) is 13.7. The van der Waals surface area contributed by atoms with Crippen LogP contribution in [-0.2, 0) is 19.4 Å². The molecule has 0 spiro atoms. The van der Waals surface area contributed by atoms with Crippen LogP contribution in [0.5, 0.6) is 0 Å². The van der Waals surface area contributed by atoms with E-state index in [1.807, 2.05) is 11.3 Å². The first-order valence-electron chi connectivity index (χ1n) is 6.33. The van der Waals surface area contributed by atoms with E-state index in [9.17, 15) is 0 Å². The summed E-state index contributed by atoms with van der Waals surface area (Å²) in [6.07, 6.45) is 3.82. The third kappa shape index (κ3) is 2.47. The number of benzene rings is 1. The number of hydrogen-bond acceptors (Lipinski definition) is 2. The van der Waals surface area contributed by atoms with Gasteiger partial charge in [-0.3, -0.25) is 0 Å². The summed E-state index contributed by atoms with van der Waals surface area (Å²) in [5.74, 6) is 0. The molecule has 1 N–H and O–H groups in total. The largest absolute Gasteiger partial charge is 0.380 e. The summed E-state index contributed by atoms with van der Waals surface area (Å²) >= 11 is 5.42. The second-order valence-electron chi connectivity index (χ2n) is 4.81. The maximum Gasteiger partial charge on any atom is 0.0494 e. The molecule has 1 heterocycles. The van der Waals surface area contributed by atoms with Gasteiger partial charge in [-0.2, -0.15) is 0 Å². The van der Waals surface area contributed by atoms with Gasteiger partial charge >= 0.3 is 0 Å². The van der Waals surface area contributed by atoms with Crippen LogP contribution in [0.2, 0.25) is 0 Å². The molecule has 1 aromatic heterocycles. The molecule has 3 rings (SSSR count). The molecule has 0 fully saturated rings. The minimum Gasteiger partial charge on any atom is -0.380 e. The number of rotatable bonds is 3. The predicted octanol–water partition coefficient (Wildman–Crippen LogP) is 4.92.